The lowest BCUT2D eigenvalue weighted by molar-refractivity contribution is 0.0730. The number of carbonyl (C=O) groups excluding carboxylic acids is 1. The van der Waals surface area contributed by atoms with Crippen LogP contribution in [0, 0.1) is 12.7 Å². The highest BCUT2D eigenvalue weighted by Gasteiger charge is 2.23. The van der Waals surface area contributed by atoms with Gasteiger partial charge in [-0.3, -0.25) is 0 Å². The highest BCUT2D eigenvalue weighted by atomic mass is 79.9. The van der Waals surface area contributed by atoms with Crippen LogP contribution in [0.4, 0.5) is 4.39 Å². The summed E-state index contributed by atoms with van der Waals surface area (Å²) in [6, 6.07) is 13.2. The molecule has 3 aromatic carbocycles. The maximum absolute atomic E-state index is 14.5. The predicted molar refractivity (Wildman–Crippen MR) is 89.4 cm³/mol. The maximum Gasteiger partial charge on any atom is 0.347 e. The maximum atomic E-state index is 14.5. The first kappa shape index (κ1) is 15.5. The first-order chi connectivity index (χ1) is 11.0. The van der Waals surface area contributed by atoms with E-state index in [2.05, 4.69) is 15.9 Å². The predicted octanol–water partition coefficient (Wildman–Crippen LogP) is 4.97. The molecule has 0 aliphatic carbocycles. The first-order valence-corrected chi connectivity index (χ1v) is 7.66. The molecular weight excluding hydrogens is 363 g/mol. The van der Waals surface area contributed by atoms with E-state index in [4.69, 9.17) is 4.74 Å². The number of carbonyl (C=O) groups is 1. The van der Waals surface area contributed by atoms with Crippen molar-refractivity contribution in [2.45, 2.75) is 6.92 Å². The number of ether oxygens (including phenoxy) is 1. The highest BCUT2D eigenvalue weighted by Crippen LogP contribution is 2.36. The average Bonchev–Trinajstić information content (AvgIpc) is 2.54. The van der Waals surface area contributed by atoms with Gasteiger partial charge in [0.05, 0.1) is 0 Å². The quantitative estimate of drug-likeness (QED) is 0.508. The van der Waals surface area contributed by atoms with Crippen LogP contribution in [0.15, 0.2) is 53.0 Å². The van der Waals surface area contributed by atoms with Crippen LogP contribution in [0.25, 0.3) is 10.8 Å². The van der Waals surface area contributed by atoms with Gasteiger partial charge in [0, 0.05) is 20.8 Å². The van der Waals surface area contributed by atoms with E-state index in [1.165, 1.54) is 6.92 Å². The van der Waals surface area contributed by atoms with Crippen molar-refractivity contribution < 1.29 is 19.0 Å². The summed E-state index contributed by atoms with van der Waals surface area (Å²) in [4.78, 5) is 12.4. The Hall–Kier alpha value is -2.40. The number of phenols is 1. The minimum Gasteiger partial charge on any atom is -0.506 e. The monoisotopic (exact) mass is 374 g/mol. The lowest BCUT2D eigenvalue weighted by Crippen LogP contribution is -2.12. The highest BCUT2D eigenvalue weighted by molar-refractivity contribution is 9.10. The van der Waals surface area contributed by atoms with Gasteiger partial charge in [-0.2, -0.15) is 0 Å². The largest absolute Gasteiger partial charge is 0.506 e. The van der Waals surface area contributed by atoms with Crippen molar-refractivity contribution in [1.29, 1.82) is 0 Å². The van der Waals surface area contributed by atoms with E-state index >= 15 is 0 Å². The Kier molecular flexibility index (Phi) is 4.05. The minimum absolute atomic E-state index is 0.0539. The number of para-hydroxylation sites is 1. The standard InChI is InChI=1S/C18H12BrFO3/c1-10-15(18(22)23-12-5-3-2-4-6-12)17(21)14-9-11(19)7-8-13(14)16(10)20/h2-9,21H,1H3. The molecule has 0 amide bonds. The summed E-state index contributed by atoms with van der Waals surface area (Å²) in [6.45, 7) is 1.44. The zero-order chi connectivity index (χ0) is 16.6. The van der Waals surface area contributed by atoms with E-state index in [0.717, 1.165) is 0 Å². The Morgan fingerprint density at radius 3 is 2.52 bits per heavy atom. The smallest absolute Gasteiger partial charge is 0.347 e. The second-order valence-electron chi connectivity index (χ2n) is 5.06. The molecule has 3 aromatic rings. The zero-order valence-corrected chi connectivity index (χ0v) is 13.7. The number of phenolic OH excluding ortho intramolecular Hbond substituents is 1. The van der Waals surface area contributed by atoms with Gasteiger partial charge in [-0.1, -0.05) is 40.2 Å². The van der Waals surface area contributed by atoms with Gasteiger partial charge in [-0.15, -0.1) is 0 Å². The topological polar surface area (TPSA) is 46.5 Å². The average molecular weight is 375 g/mol. The third kappa shape index (κ3) is 2.80. The molecule has 0 saturated heterocycles. The Bertz CT molecular complexity index is 907. The zero-order valence-electron chi connectivity index (χ0n) is 12.1. The van der Waals surface area contributed by atoms with Gasteiger partial charge in [-0.25, -0.2) is 9.18 Å². The molecule has 23 heavy (non-hydrogen) atoms. The van der Waals surface area contributed by atoms with Crippen molar-refractivity contribution in [1.82, 2.24) is 0 Å². The van der Waals surface area contributed by atoms with Crippen molar-refractivity contribution >= 4 is 32.7 Å². The van der Waals surface area contributed by atoms with Crippen molar-refractivity contribution in [3.8, 4) is 11.5 Å². The van der Waals surface area contributed by atoms with Crippen LogP contribution in [-0.2, 0) is 0 Å². The summed E-state index contributed by atoms with van der Waals surface area (Å²) in [5.41, 5.74) is -0.116. The van der Waals surface area contributed by atoms with Crippen LogP contribution in [0.5, 0.6) is 11.5 Å². The summed E-state index contributed by atoms with van der Waals surface area (Å²) in [5.74, 6) is -1.32. The van der Waals surface area contributed by atoms with E-state index in [1.54, 1.807) is 48.5 Å². The van der Waals surface area contributed by atoms with E-state index < -0.39 is 11.8 Å². The van der Waals surface area contributed by atoms with Gasteiger partial charge in [0.2, 0.25) is 0 Å². The van der Waals surface area contributed by atoms with Crippen molar-refractivity contribution in [3.63, 3.8) is 0 Å². The fourth-order valence-electron chi connectivity index (χ4n) is 2.42. The fraction of sp³-hybridized carbons (Fsp3) is 0.0556. The number of aromatic hydroxyl groups is 1. The van der Waals surface area contributed by atoms with Gasteiger partial charge in [-0.05, 0) is 31.2 Å². The summed E-state index contributed by atoms with van der Waals surface area (Å²) in [6.07, 6.45) is 0. The van der Waals surface area contributed by atoms with E-state index in [1.807, 2.05) is 0 Å². The number of hydrogen-bond donors (Lipinski definition) is 1. The molecule has 0 fully saturated rings. The third-order valence-corrected chi connectivity index (χ3v) is 4.07. The first-order valence-electron chi connectivity index (χ1n) is 6.86. The number of benzene rings is 3. The molecule has 0 heterocycles. The van der Waals surface area contributed by atoms with Gasteiger partial charge in [0.25, 0.3) is 0 Å². The van der Waals surface area contributed by atoms with Crippen molar-refractivity contribution in [3.05, 3.63) is 69.9 Å². The lowest BCUT2D eigenvalue weighted by atomic mass is 9.99. The second kappa shape index (κ2) is 6.01. The van der Waals surface area contributed by atoms with Gasteiger partial charge in [0.15, 0.2) is 0 Å². The molecule has 0 unspecified atom stereocenters. The molecule has 1 N–H and O–H groups in total. The molecule has 3 nitrogen and oxygen atoms in total. The molecule has 0 bridgehead atoms. The summed E-state index contributed by atoms with van der Waals surface area (Å²) >= 11 is 3.28. The molecule has 0 aliphatic rings. The molecule has 0 radical (unpaired) electrons. The molecular formula is C18H12BrFO3. The number of halogens is 2. The molecule has 0 spiro atoms. The van der Waals surface area contributed by atoms with Crippen LogP contribution in [0.2, 0.25) is 0 Å². The fourth-order valence-corrected chi connectivity index (χ4v) is 2.79. The molecule has 0 aliphatic heterocycles. The van der Waals surface area contributed by atoms with E-state index in [9.17, 15) is 14.3 Å². The Morgan fingerprint density at radius 1 is 1.13 bits per heavy atom. The minimum atomic E-state index is -0.799. The van der Waals surface area contributed by atoms with E-state index in [-0.39, 0.29) is 27.6 Å². The Morgan fingerprint density at radius 2 is 1.83 bits per heavy atom. The van der Waals surface area contributed by atoms with Crippen molar-refractivity contribution in [2.24, 2.45) is 0 Å². The number of rotatable bonds is 2. The van der Waals surface area contributed by atoms with Crippen LogP contribution in [-0.4, -0.2) is 11.1 Å². The molecule has 0 aromatic heterocycles. The molecule has 5 heteroatoms. The second-order valence-corrected chi connectivity index (χ2v) is 5.97. The summed E-state index contributed by atoms with van der Waals surface area (Å²) in [7, 11) is 0. The van der Waals surface area contributed by atoms with Gasteiger partial charge >= 0.3 is 5.97 Å². The molecule has 3 rings (SSSR count). The van der Waals surface area contributed by atoms with Crippen LogP contribution in [0.3, 0.4) is 0 Å². The summed E-state index contributed by atoms with van der Waals surface area (Å²) in [5, 5.41) is 10.9. The van der Waals surface area contributed by atoms with Gasteiger partial charge < -0.3 is 9.84 Å². The SMILES string of the molecule is Cc1c(C(=O)Oc2ccccc2)c(O)c2cc(Br)ccc2c1F. The third-order valence-electron chi connectivity index (χ3n) is 3.57. The van der Waals surface area contributed by atoms with Crippen molar-refractivity contribution in [2.75, 3.05) is 0 Å². The number of fused-ring (bicyclic) bond motifs is 1. The Labute approximate surface area is 140 Å². The van der Waals surface area contributed by atoms with Crippen LogP contribution in [0.1, 0.15) is 15.9 Å². The van der Waals surface area contributed by atoms with E-state index in [0.29, 0.717) is 10.2 Å². The Balaban J connectivity index is 2.15. The number of esters is 1. The van der Waals surface area contributed by atoms with Crippen LogP contribution >= 0.6 is 15.9 Å². The molecule has 116 valence electrons. The number of hydrogen-bond acceptors (Lipinski definition) is 3. The summed E-state index contributed by atoms with van der Waals surface area (Å²) < 4.78 is 20.4. The molecule has 0 atom stereocenters. The van der Waals surface area contributed by atoms with Crippen LogP contribution < -0.4 is 4.74 Å². The lowest BCUT2D eigenvalue weighted by Gasteiger charge is -2.13. The van der Waals surface area contributed by atoms with Gasteiger partial charge in [0.1, 0.15) is 22.9 Å². The molecule has 0 saturated carbocycles. The normalized spacial score (nSPS) is 10.7.